The normalized spacial score (nSPS) is 25.6. The van der Waals surface area contributed by atoms with Gasteiger partial charge in [0.05, 0.1) is 6.10 Å². The molecule has 4 heteroatoms. The molecule has 1 aromatic rings. The van der Waals surface area contributed by atoms with Gasteiger partial charge < -0.3 is 10.1 Å². The SMILES string of the molecule is CCC1CCOC(c2cc(F)ccc2F)CN1. The maximum atomic E-state index is 13.6. The van der Waals surface area contributed by atoms with Crippen molar-refractivity contribution in [2.75, 3.05) is 13.2 Å². The number of hydrogen-bond donors (Lipinski definition) is 1. The molecule has 0 bridgehead atoms. The number of halogens is 2. The maximum Gasteiger partial charge on any atom is 0.129 e. The van der Waals surface area contributed by atoms with Gasteiger partial charge in [-0.25, -0.2) is 8.78 Å². The summed E-state index contributed by atoms with van der Waals surface area (Å²) in [6.07, 6.45) is 1.52. The molecule has 0 saturated carbocycles. The minimum Gasteiger partial charge on any atom is -0.372 e. The Bertz CT molecular complexity index is 384. The van der Waals surface area contributed by atoms with E-state index in [2.05, 4.69) is 12.2 Å². The third-order valence-corrected chi connectivity index (χ3v) is 3.17. The van der Waals surface area contributed by atoms with Crippen molar-refractivity contribution >= 4 is 0 Å². The van der Waals surface area contributed by atoms with E-state index < -0.39 is 17.7 Å². The topological polar surface area (TPSA) is 21.3 Å². The first-order chi connectivity index (χ1) is 8.20. The van der Waals surface area contributed by atoms with Crippen molar-refractivity contribution in [2.45, 2.75) is 31.9 Å². The van der Waals surface area contributed by atoms with E-state index in [4.69, 9.17) is 4.74 Å². The predicted molar refractivity (Wildman–Crippen MR) is 61.7 cm³/mol. The van der Waals surface area contributed by atoms with Crippen molar-refractivity contribution in [2.24, 2.45) is 0 Å². The van der Waals surface area contributed by atoms with E-state index in [1.54, 1.807) is 0 Å². The van der Waals surface area contributed by atoms with Crippen LogP contribution in [0.5, 0.6) is 0 Å². The van der Waals surface area contributed by atoms with Crippen molar-refractivity contribution in [3.05, 3.63) is 35.4 Å². The summed E-state index contributed by atoms with van der Waals surface area (Å²) in [5.41, 5.74) is 0.300. The quantitative estimate of drug-likeness (QED) is 0.859. The molecule has 0 spiro atoms. The highest BCUT2D eigenvalue weighted by molar-refractivity contribution is 5.21. The highest BCUT2D eigenvalue weighted by Gasteiger charge is 2.21. The standard InChI is InChI=1S/C13H17F2NO/c1-2-10-5-6-17-13(8-16-10)11-7-9(14)3-4-12(11)15/h3-4,7,10,13,16H,2,5-6,8H2,1H3. The predicted octanol–water partition coefficient (Wildman–Crippen LogP) is 2.79. The maximum absolute atomic E-state index is 13.6. The first kappa shape index (κ1) is 12.5. The van der Waals surface area contributed by atoms with Crippen LogP contribution in [0.2, 0.25) is 0 Å². The molecule has 1 aliphatic heterocycles. The zero-order valence-electron chi connectivity index (χ0n) is 9.88. The van der Waals surface area contributed by atoms with Gasteiger partial charge in [0.25, 0.3) is 0 Å². The van der Waals surface area contributed by atoms with E-state index >= 15 is 0 Å². The summed E-state index contributed by atoms with van der Waals surface area (Å²) in [4.78, 5) is 0. The van der Waals surface area contributed by atoms with Crippen LogP contribution in [-0.4, -0.2) is 19.2 Å². The molecule has 0 aliphatic carbocycles. The second kappa shape index (κ2) is 5.56. The fourth-order valence-corrected chi connectivity index (χ4v) is 2.10. The van der Waals surface area contributed by atoms with Crippen LogP contribution in [0.3, 0.4) is 0 Å². The van der Waals surface area contributed by atoms with Gasteiger partial charge in [-0.1, -0.05) is 6.92 Å². The van der Waals surface area contributed by atoms with Gasteiger partial charge in [-0.3, -0.25) is 0 Å². The molecular formula is C13H17F2NO. The summed E-state index contributed by atoms with van der Waals surface area (Å²) >= 11 is 0. The Labute approximate surface area is 100.0 Å². The summed E-state index contributed by atoms with van der Waals surface area (Å²) in [6.45, 7) is 3.20. The van der Waals surface area contributed by atoms with Crippen LogP contribution >= 0.6 is 0 Å². The Hall–Kier alpha value is -1.00. The Morgan fingerprint density at radius 3 is 3.00 bits per heavy atom. The Balaban J connectivity index is 2.13. The minimum absolute atomic E-state index is 0.300. The summed E-state index contributed by atoms with van der Waals surface area (Å²) in [5, 5.41) is 3.31. The van der Waals surface area contributed by atoms with Crippen molar-refractivity contribution in [1.82, 2.24) is 5.32 Å². The zero-order valence-corrected chi connectivity index (χ0v) is 9.88. The molecule has 2 unspecified atom stereocenters. The van der Waals surface area contributed by atoms with Gasteiger partial charge in [-0.05, 0) is 31.0 Å². The molecule has 1 saturated heterocycles. The summed E-state index contributed by atoms with van der Waals surface area (Å²) in [5.74, 6) is -0.838. The van der Waals surface area contributed by atoms with Crippen molar-refractivity contribution in [1.29, 1.82) is 0 Å². The van der Waals surface area contributed by atoms with Crippen LogP contribution in [0.15, 0.2) is 18.2 Å². The number of rotatable bonds is 2. The van der Waals surface area contributed by atoms with Crippen LogP contribution in [0.25, 0.3) is 0 Å². The molecule has 17 heavy (non-hydrogen) atoms. The highest BCUT2D eigenvalue weighted by Crippen LogP contribution is 2.23. The van der Waals surface area contributed by atoms with Gasteiger partial charge in [0.15, 0.2) is 0 Å². The average Bonchev–Trinajstić information content (AvgIpc) is 2.57. The third-order valence-electron chi connectivity index (χ3n) is 3.17. The first-order valence-corrected chi connectivity index (χ1v) is 6.00. The Kier molecular flexibility index (Phi) is 4.07. The second-order valence-electron chi connectivity index (χ2n) is 4.33. The van der Waals surface area contributed by atoms with Crippen LogP contribution < -0.4 is 5.32 Å². The van der Waals surface area contributed by atoms with E-state index in [0.717, 1.165) is 25.0 Å². The van der Waals surface area contributed by atoms with E-state index in [0.29, 0.717) is 24.8 Å². The fraction of sp³-hybridized carbons (Fsp3) is 0.538. The van der Waals surface area contributed by atoms with Gasteiger partial charge in [-0.15, -0.1) is 0 Å². The second-order valence-corrected chi connectivity index (χ2v) is 4.33. The lowest BCUT2D eigenvalue weighted by atomic mass is 10.1. The monoisotopic (exact) mass is 241 g/mol. The molecule has 1 N–H and O–H groups in total. The van der Waals surface area contributed by atoms with Gasteiger partial charge in [0.2, 0.25) is 0 Å². The minimum atomic E-state index is -0.429. The smallest absolute Gasteiger partial charge is 0.129 e. The van der Waals surface area contributed by atoms with Crippen LogP contribution in [0.1, 0.15) is 31.4 Å². The molecule has 94 valence electrons. The molecule has 1 fully saturated rings. The summed E-state index contributed by atoms with van der Waals surface area (Å²) in [7, 11) is 0. The molecule has 1 aromatic carbocycles. The van der Waals surface area contributed by atoms with E-state index in [9.17, 15) is 8.78 Å². The molecule has 2 atom stereocenters. The first-order valence-electron chi connectivity index (χ1n) is 6.00. The fourth-order valence-electron chi connectivity index (χ4n) is 2.10. The van der Waals surface area contributed by atoms with Crippen molar-refractivity contribution in [3.8, 4) is 0 Å². The Morgan fingerprint density at radius 1 is 1.41 bits per heavy atom. The average molecular weight is 241 g/mol. The lowest BCUT2D eigenvalue weighted by Crippen LogP contribution is -2.30. The summed E-state index contributed by atoms with van der Waals surface area (Å²) in [6, 6.07) is 3.89. The van der Waals surface area contributed by atoms with Gasteiger partial charge >= 0.3 is 0 Å². The molecule has 1 heterocycles. The van der Waals surface area contributed by atoms with Crippen molar-refractivity contribution in [3.63, 3.8) is 0 Å². The van der Waals surface area contributed by atoms with Gasteiger partial charge in [-0.2, -0.15) is 0 Å². The number of benzene rings is 1. The molecule has 0 amide bonds. The molecule has 0 aromatic heterocycles. The van der Waals surface area contributed by atoms with Gasteiger partial charge in [0, 0.05) is 24.8 Å². The third kappa shape index (κ3) is 3.01. The molecule has 2 rings (SSSR count). The van der Waals surface area contributed by atoms with E-state index in [1.807, 2.05) is 0 Å². The largest absolute Gasteiger partial charge is 0.372 e. The number of nitrogens with one attached hydrogen (secondary N) is 1. The molecule has 1 aliphatic rings. The Morgan fingerprint density at radius 2 is 2.24 bits per heavy atom. The zero-order chi connectivity index (χ0) is 12.3. The molecule has 2 nitrogen and oxygen atoms in total. The number of ether oxygens (including phenoxy) is 1. The van der Waals surface area contributed by atoms with Gasteiger partial charge in [0.1, 0.15) is 11.6 Å². The van der Waals surface area contributed by atoms with Crippen LogP contribution in [-0.2, 0) is 4.74 Å². The highest BCUT2D eigenvalue weighted by atomic mass is 19.1. The van der Waals surface area contributed by atoms with Crippen molar-refractivity contribution < 1.29 is 13.5 Å². The molecular weight excluding hydrogens is 224 g/mol. The van der Waals surface area contributed by atoms with Crippen LogP contribution in [0, 0.1) is 11.6 Å². The van der Waals surface area contributed by atoms with Crippen LogP contribution in [0.4, 0.5) is 8.78 Å². The van der Waals surface area contributed by atoms with E-state index in [-0.39, 0.29) is 0 Å². The molecule has 0 radical (unpaired) electrons. The lowest BCUT2D eigenvalue weighted by molar-refractivity contribution is 0.0636. The van der Waals surface area contributed by atoms with E-state index in [1.165, 1.54) is 6.07 Å². The number of hydrogen-bond acceptors (Lipinski definition) is 2. The lowest BCUT2D eigenvalue weighted by Gasteiger charge is -2.17. The summed E-state index contributed by atoms with van der Waals surface area (Å²) < 4.78 is 32.3.